The molecule has 0 fully saturated rings. The minimum absolute atomic E-state index is 0.277. The molecule has 0 saturated carbocycles. The van der Waals surface area contributed by atoms with Gasteiger partial charge in [-0.15, -0.1) is 0 Å². The van der Waals surface area contributed by atoms with Gasteiger partial charge in [0.2, 0.25) is 0 Å². The van der Waals surface area contributed by atoms with E-state index in [0.717, 1.165) is 32.6 Å². The molecule has 0 aliphatic rings. The summed E-state index contributed by atoms with van der Waals surface area (Å²) < 4.78 is 0. The summed E-state index contributed by atoms with van der Waals surface area (Å²) in [4.78, 5) is 2.38. The average Bonchev–Trinajstić information content (AvgIpc) is 2.14. The van der Waals surface area contributed by atoms with E-state index in [9.17, 15) is 0 Å². The second-order valence-corrected chi connectivity index (χ2v) is 3.25. The van der Waals surface area contributed by atoms with Gasteiger partial charge in [0.15, 0.2) is 0 Å². The van der Waals surface area contributed by atoms with Gasteiger partial charge < -0.3 is 15.3 Å². The molecule has 0 aliphatic carbocycles. The standard InChI is InChI=1S/C10H24N2O/c1-4-11-10(7-8-13)9-12(5-2)6-3/h10-11,13H,4-9H2,1-3H3. The van der Waals surface area contributed by atoms with E-state index in [2.05, 4.69) is 31.0 Å². The minimum Gasteiger partial charge on any atom is -0.396 e. The Balaban J connectivity index is 3.76. The van der Waals surface area contributed by atoms with Gasteiger partial charge in [-0.05, 0) is 26.1 Å². The van der Waals surface area contributed by atoms with Gasteiger partial charge in [-0.3, -0.25) is 0 Å². The van der Waals surface area contributed by atoms with Crippen LogP contribution in [0.5, 0.6) is 0 Å². The fraction of sp³-hybridized carbons (Fsp3) is 1.00. The molecule has 0 rings (SSSR count). The highest BCUT2D eigenvalue weighted by atomic mass is 16.3. The van der Waals surface area contributed by atoms with Crippen molar-refractivity contribution < 1.29 is 5.11 Å². The van der Waals surface area contributed by atoms with E-state index in [1.165, 1.54) is 0 Å². The van der Waals surface area contributed by atoms with Crippen molar-refractivity contribution in [3.05, 3.63) is 0 Å². The van der Waals surface area contributed by atoms with Crippen LogP contribution in [-0.2, 0) is 0 Å². The molecule has 3 heteroatoms. The number of hydrogen-bond donors (Lipinski definition) is 2. The van der Waals surface area contributed by atoms with Crippen LogP contribution in [-0.4, -0.2) is 48.8 Å². The van der Waals surface area contributed by atoms with Gasteiger partial charge in [0.1, 0.15) is 0 Å². The van der Waals surface area contributed by atoms with Crippen LogP contribution in [0.25, 0.3) is 0 Å². The van der Waals surface area contributed by atoms with Crippen molar-refractivity contribution >= 4 is 0 Å². The maximum absolute atomic E-state index is 8.86. The van der Waals surface area contributed by atoms with E-state index in [4.69, 9.17) is 5.11 Å². The first-order valence-corrected chi connectivity index (χ1v) is 5.34. The van der Waals surface area contributed by atoms with Crippen molar-refractivity contribution in [1.82, 2.24) is 10.2 Å². The molecule has 0 aromatic rings. The van der Waals surface area contributed by atoms with Crippen molar-refractivity contribution in [2.45, 2.75) is 33.2 Å². The molecule has 80 valence electrons. The first kappa shape index (κ1) is 12.9. The number of aliphatic hydroxyl groups excluding tert-OH is 1. The third-order valence-corrected chi connectivity index (χ3v) is 2.34. The molecule has 13 heavy (non-hydrogen) atoms. The number of hydrogen-bond acceptors (Lipinski definition) is 3. The summed E-state index contributed by atoms with van der Waals surface area (Å²) in [6.07, 6.45) is 0.852. The molecule has 3 nitrogen and oxygen atoms in total. The lowest BCUT2D eigenvalue weighted by Crippen LogP contribution is -2.41. The molecular formula is C10H24N2O. The summed E-state index contributed by atoms with van der Waals surface area (Å²) in [5.74, 6) is 0. The molecule has 0 radical (unpaired) electrons. The third-order valence-electron chi connectivity index (χ3n) is 2.34. The quantitative estimate of drug-likeness (QED) is 0.588. The lowest BCUT2D eigenvalue weighted by molar-refractivity contribution is 0.219. The predicted octanol–water partition coefficient (Wildman–Crippen LogP) is 0.689. The van der Waals surface area contributed by atoms with Gasteiger partial charge in [0.25, 0.3) is 0 Å². The summed E-state index contributed by atoms with van der Waals surface area (Å²) in [6.45, 7) is 10.9. The van der Waals surface area contributed by atoms with Crippen molar-refractivity contribution in [2.75, 3.05) is 32.8 Å². The zero-order chi connectivity index (χ0) is 10.1. The maximum Gasteiger partial charge on any atom is 0.0446 e. The van der Waals surface area contributed by atoms with Gasteiger partial charge in [0.05, 0.1) is 0 Å². The van der Waals surface area contributed by atoms with Crippen molar-refractivity contribution in [3.8, 4) is 0 Å². The second-order valence-electron chi connectivity index (χ2n) is 3.25. The molecule has 0 aromatic carbocycles. The Kier molecular flexibility index (Phi) is 8.40. The molecule has 0 amide bonds. The number of likely N-dealkylation sites (N-methyl/N-ethyl adjacent to an activating group) is 2. The highest BCUT2D eigenvalue weighted by Gasteiger charge is 2.09. The van der Waals surface area contributed by atoms with Gasteiger partial charge in [-0.2, -0.15) is 0 Å². The van der Waals surface area contributed by atoms with Gasteiger partial charge in [-0.25, -0.2) is 0 Å². The van der Waals surface area contributed by atoms with E-state index < -0.39 is 0 Å². The van der Waals surface area contributed by atoms with Crippen LogP contribution in [0.15, 0.2) is 0 Å². The Bertz CT molecular complexity index is 99.1. The number of nitrogens with zero attached hydrogens (tertiary/aromatic N) is 1. The van der Waals surface area contributed by atoms with Crippen LogP contribution < -0.4 is 5.32 Å². The van der Waals surface area contributed by atoms with Crippen molar-refractivity contribution in [1.29, 1.82) is 0 Å². The highest BCUT2D eigenvalue weighted by Crippen LogP contribution is 1.96. The summed E-state index contributed by atoms with van der Waals surface area (Å²) in [6, 6.07) is 0.440. The topological polar surface area (TPSA) is 35.5 Å². The Morgan fingerprint density at radius 2 is 1.85 bits per heavy atom. The molecule has 0 aliphatic heterocycles. The van der Waals surface area contributed by atoms with Crippen molar-refractivity contribution in [2.24, 2.45) is 0 Å². The third kappa shape index (κ3) is 6.02. The predicted molar refractivity (Wildman–Crippen MR) is 57.0 cm³/mol. The monoisotopic (exact) mass is 188 g/mol. The van der Waals surface area contributed by atoms with E-state index >= 15 is 0 Å². The van der Waals surface area contributed by atoms with Crippen LogP contribution in [0, 0.1) is 0 Å². The molecule has 0 heterocycles. The first-order valence-electron chi connectivity index (χ1n) is 5.34. The summed E-state index contributed by atoms with van der Waals surface area (Å²) in [5, 5.41) is 12.2. The molecule has 0 spiro atoms. The molecular weight excluding hydrogens is 164 g/mol. The Hall–Kier alpha value is -0.120. The van der Waals surface area contributed by atoms with E-state index in [1.54, 1.807) is 0 Å². The van der Waals surface area contributed by atoms with E-state index in [0.29, 0.717) is 6.04 Å². The zero-order valence-corrected chi connectivity index (χ0v) is 9.21. The summed E-state index contributed by atoms with van der Waals surface area (Å²) in [7, 11) is 0. The zero-order valence-electron chi connectivity index (χ0n) is 9.21. The normalized spacial score (nSPS) is 13.6. The van der Waals surface area contributed by atoms with E-state index in [-0.39, 0.29) is 6.61 Å². The van der Waals surface area contributed by atoms with Crippen LogP contribution in [0.2, 0.25) is 0 Å². The average molecular weight is 188 g/mol. The molecule has 0 saturated heterocycles. The lowest BCUT2D eigenvalue weighted by Gasteiger charge is -2.25. The number of nitrogens with one attached hydrogen (secondary N) is 1. The van der Waals surface area contributed by atoms with Crippen LogP contribution in [0.3, 0.4) is 0 Å². The first-order chi connectivity index (χ1) is 6.28. The Morgan fingerprint density at radius 1 is 1.23 bits per heavy atom. The van der Waals surface area contributed by atoms with E-state index in [1.807, 2.05) is 0 Å². The molecule has 2 N–H and O–H groups in total. The molecule has 0 aromatic heterocycles. The van der Waals surface area contributed by atoms with Gasteiger partial charge in [-0.1, -0.05) is 20.8 Å². The van der Waals surface area contributed by atoms with Gasteiger partial charge in [0, 0.05) is 19.2 Å². The van der Waals surface area contributed by atoms with Crippen molar-refractivity contribution in [3.63, 3.8) is 0 Å². The Labute approximate surface area is 82.1 Å². The SMILES string of the molecule is CCNC(CCO)CN(CC)CC. The van der Waals surface area contributed by atoms with Crippen LogP contribution in [0.1, 0.15) is 27.2 Å². The van der Waals surface area contributed by atoms with Gasteiger partial charge >= 0.3 is 0 Å². The number of aliphatic hydroxyl groups is 1. The molecule has 1 atom stereocenters. The minimum atomic E-state index is 0.277. The molecule has 0 bridgehead atoms. The Morgan fingerprint density at radius 3 is 2.23 bits per heavy atom. The fourth-order valence-electron chi connectivity index (χ4n) is 1.50. The molecule has 1 unspecified atom stereocenters. The largest absolute Gasteiger partial charge is 0.396 e. The summed E-state index contributed by atoms with van der Waals surface area (Å²) >= 11 is 0. The maximum atomic E-state index is 8.86. The fourth-order valence-corrected chi connectivity index (χ4v) is 1.50. The smallest absolute Gasteiger partial charge is 0.0446 e. The van der Waals surface area contributed by atoms with Crippen LogP contribution in [0.4, 0.5) is 0 Å². The highest BCUT2D eigenvalue weighted by molar-refractivity contribution is 4.70. The lowest BCUT2D eigenvalue weighted by atomic mass is 10.2. The van der Waals surface area contributed by atoms with Crippen LogP contribution >= 0.6 is 0 Å². The summed E-state index contributed by atoms with van der Waals surface area (Å²) in [5.41, 5.74) is 0. The number of rotatable bonds is 8. The second kappa shape index (κ2) is 8.48.